The molecule has 0 radical (unpaired) electrons. The van der Waals surface area contributed by atoms with E-state index in [4.69, 9.17) is 22.1 Å². The molecule has 0 saturated heterocycles. The lowest BCUT2D eigenvalue weighted by atomic mass is 9.96. The summed E-state index contributed by atoms with van der Waals surface area (Å²) >= 11 is 6.05. The van der Waals surface area contributed by atoms with E-state index in [1.54, 1.807) is 0 Å². The molecule has 1 aliphatic rings. The zero-order valence-corrected chi connectivity index (χ0v) is 10.6. The standard InChI is InChI=1S/C13H17ClFNO/c1-8(4-5-16)11-6-9(15)7-12(14)13(11)17-10-2-3-10/h6-8,10H,2-5,16H2,1H3. The third-order valence-corrected chi connectivity index (χ3v) is 3.26. The van der Waals surface area contributed by atoms with Crippen molar-refractivity contribution in [2.75, 3.05) is 6.54 Å². The van der Waals surface area contributed by atoms with Crippen LogP contribution in [0.2, 0.25) is 5.02 Å². The number of benzene rings is 1. The van der Waals surface area contributed by atoms with Crippen molar-refractivity contribution in [1.82, 2.24) is 0 Å². The predicted octanol–water partition coefficient (Wildman–Crippen LogP) is 3.47. The van der Waals surface area contributed by atoms with Gasteiger partial charge in [0.15, 0.2) is 0 Å². The van der Waals surface area contributed by atoms with Crippen molar-refractivity contribution in [1.29, 1.82) is 0 Å². The number of rotatable bonds is 5. The molecule has 1 saturated carbocycles. The van der Waals surface area contributed by atoms with Crippen molar-refractivity contribution in [2.24, 2.45) is 5.73 Å². The fourth-order valence-corrected chi connectivity index (χ4v) is 2.09. The molecule has 0 amide bonds. The van der Waals surface area contributed by atoms with E-state index in [0.717, 1.165) is 24.8 Å². The maximum atomic E-state index is 13.4. The van der Waals surface area contributed by atoms with Gasteiger partial charge in [-0.3, -0.25) is 0 Å². The van der Waals surface area contributed by atoms with Gasteiger partial charge in [-0.15, -0.1) is 0 Å². The molecular formula is C13H17ClFNO. The molecule has 2 rings (SSSR count). The molecule has 0 aliphatic heterocycles. The summed E-state index contributed by atoms with van der Waals surface area (Å²) in [5, 5.41) is 0.357. The van der Waals surface area contributed by atoms with Crippen LogP contribution >= 0.6 is 11.6 Å². The average Bonchev–Trinajstić information content (AvgIpc) is 3.05. The van der Waals surface area contributed by atoms with E-state index >= 15 is 0 Å². The third kappa shape index (κ3) is 3.11. The summed E-state index contributed by atoms with van der Waals surface area (Å²) in [6.07, 6.45) is 3.15. The fraction of sp³-hybridized carbons (Fsp3) is 0.538. The van der Waals surface area contributed by atoms with Crippen molar-refractivity contribution in [3.8, 4) is 5.75 Å². The van der Waals surface area contributed by atoms with Crippen LogP contribution in [-0.2, 0) is 0 Å². The molecule has 1 fully saturated rings. The van der Waals surface area contributed by atoms with Gasteiger partial charge in [0.25, 0.3) is 0 Å². The minimum Gasteiger partial charge on any atom is -0.489 e. The molecule has 4 heteroatoms. The predicted molar refractivity (Wildman–Crippen MR) is 67.1 cm³/mol. The monoisotopic (exact) mass is 257 g/mol. The molecule has 17 heavy (non-hydrogen) atoms. The van der Waals surface area contributed by atoms with E-state index in [0.29, 0.717) is 17.3 Å². The van der Waals surface area contributed by atoms with E-state index in [2.05, 4.69) is 0 Å². The molecule has 1 aromatic rings. The summed E-state index contributed by atoms with van der Waals surface area (Å²) in [5.74, 6) is 0.468. The van der Waals surface area contributed by atoms with E-state index in [1.807, 2.05) is 6.92 Å². The Morgan fingerprint density at radius 1 is 1.53 bits per heavy atom. The van der Waals surface area contributed by atoms with Gasteiger partial charge in [-0.25, -0.2) is 4.39 Å². The second kappa shape index (κ2) is 5.23. The van der Waals surface area contributed by atoms with Gasteiger partial charge in [0.2, 0.25) is 0 Å². The summed E-state index contributed by atoms with van der Waals surface area (Å²) in [5.41, 5.74) is 6.37. The molecule has 0 heterocycles. The first-order chi connectivity index (χ1) is 8.11. The van der Waals surface area contributed by atoms with E-state index in [9.17, 15) is 4.39 Å². The van der Waals surface area contributed by atoms with Crippen LogP contribution < -0.4 is 10.5 Å². The van der Waals surface area contributed by atoms with Gasteiger partial charge in [-0.05, 0) is 43.9 Å². The second-order valence-corrected chi connectivity index (χ2v) is 5.01. The van der Waals surface area contributed by atoms with Crippen LogP contribution in [0.15, 0.2) is 12.1 Å². The molecule has 1 aliphatic carbocycles. The van der Waals surface area contributed by atoms with Crippen molar-refractivity contribution in [3.63, 3.8) is 0 Å². The number of hydrogen-bond acceptors (Lipinski definition) is 2. The third-order valence-electron chi connectivity index (χ3n) is 2.98. The summed E-state index contributed by atoms with van der Waals surface area (Å²) in [7, 11) is 0. The highest BCUT2D eigenvalue weighted by molar-refractivity contribution is 6.32. The Bertz CT molecular complexity index is 407. The van der Waals surface area contributed by atoms with Crippen LogP contribution in [0.3, 0.4) is 0 Å². The molecule has 1 aromatic carbocycles. The Morgan fingerprint density at radius 2 is 2.24 bits per heavy atom. The molecule has 0 spiro atoms. The summed E-state index contributed by atoms with van der Waals surface area (Å²) < 4.78 is 19.2. The molecule has 2 N–H and O–H groups in total. The Labute approximate surface area is 106 Å². The van der Waals surface area contributed by atoms with E-state index in [1.165, 1.54) is 12.1 Å². The molecule has 0 aromatic heterocycles. The summed E-state index contributed by atoms with van der Waals surface area (Å²) in [6.45, 7) is 2.58. The highest BCUT2D eigenvalue weighted by Crippen LogP contribution is 2.39. The largest absolute Gasteiger partial charge is 0.489 e. The van der Waals surface area contributed by atoms with Crippen LogP contribution in [0.4, 0.5) is 4.39 Å². The van der Waals surface area contributed by atoms with Crippen molar-refractivity contribution in [3.05, 3.63) is 28.5 Å². The lowest BCUT2D eigenvalue weighted by Crippen LogP contribution is -2.08. The Kier molecular flexibility index (Phi) is 3.89. The SMILES string of the molecule is CC(CCN)c1cc(F)cc(Cl)c1OC1CC1. The van der Waals surface area contributed by atoms with Gasteiger partial charge in [0, 0.05) is 5.56 Å². The lowest BCUT2D eigenvalue weighted by Gasteiger charge is -2.17. The first-order valence-electron chi connectivity index (χ1n) is 5.97. The maximum Gasteiger partial charge on any atom is 0.141 e. The average molecular weight is 258 g/mol. The molecule has 94 valence electrons. The molecule has 2 nitrogen and oxygen atoms in total. The van der Waals surface area contributed by atoms with Crippen molar-refractivity contribution in [2.45, 2.75) is 38.2 Å². The second-order valence-electron chi connectivity index (χ2n) is 4.60. The van der Waals surface area contributed by atoms with Gasteiger partial charge in [0.1, 0.15) is 11.6 Å². The van der Waals surface area contributed by atoms with Gasteiger partial charge < -0.3 is 10.5 Å². The number of halogens is 2. The minimum atomic E-state index is -0.322. The Morgan fingerprint density at radius 3 is 2.82 bits per heavy atom. The van der Waals surface area contributed by atoms with Crippen molar-refractivity contribution < 1.29 is 9.13 Å². The van der Waals surface area contributed by atoms with Crippen LogP contribution in [0.5, 0.6) is 5.75 Å². The normalized spacial score (nSPS) is 16.9. The van der Waals surface area contributed by atoms with Crippen molar-refractivity contribution >= 4 is 11.6 Å². The summed E-state index contributed by atoms with van der Waals surface area (Å²) in [4.78, 5) is 0. The lowest BCUT2D eigenvalue weighted by molar-refractivity contribution is 0.297. The highest BCUT2D eigenvalue weighted by atomic mass is 35.5. The highest BCUT2D eigenvalue weighted by Gasteiger charge is 2.27. The quantitative estimate of drug-likeness (QED) is 0.877. The summed E-state index contributed by atoms with van der Waals surface area (Å²) in [6, 6.07) is 2.81. The Balaban J connectivity index is 2.31. The number of ether oxygens (including phenoxy) is 1. The first-order valence-corrected chi connectivity index (χ1v) is 6.35. The Hall–Kier alpha value is -0.800. The first kappa shape index (κ1) is 12.7. The fourth-order valence-electron chi connectivity index (χ4n) is 1.83. The topological polar surface area (TPSA) is 35.2 Å². The smallest absolute Gasteiger partial charge is 0.141 e. The molecule has 1 unspecified atom stereocenters. The van der Waals surface area contributed by atoms with Gasteiger partial charge in [0.05, 0.1) is 11.1 Å². The number of nitrogens with two attached hydrogens (primary N) is 1. The van der Waals surface area contributed by atoms with Gasteiger partial charge in [-0.1, -0.05) is 18.5 Å². The zero-order valence-electron chi connectivity index (χ0n) is 9.88. The minimum absolute atomic E-state index is 0.155. The van der Waals surface area contributed by atoms with Crippen LogP contribution in [0, 0.1) is 5.82 Å². The van der Waals surface area contributed by atoms with E-state index < -0.39 is 0 Å². The van der Waals surface area contributed by atoms with Crippen LogP contribution in [0.1, 0.15) is 37.7 Å². The van der Waals surface area contributed by atoms with E-state index in [-0.39, 0.29) is 17.8 Å². The van der Waals surface area contributed by atoms with Crippen LogP contribution in [-0.4, -0.2) is 12.6 Å². The van der Waals surface area contributed by atoms with Gasteiger partial charge >= 0.3 is 0 Å². The van der Waals surface area contributed by atoms with Gasteiger partial charge in [-0.2, -0.15) is 0 Å². The maximum absolute atomic E-state index is 13.4. The number of hydrogen-bond donors (Lipinski definition) is 1. The molecule has 1 atom stereocenters. The van der Waals surface area contributed by atoms with Crippen LogP contribution in [0.25, 0.3) is 0 Å². The zero-order chi connectivity index (χ0) is 12.4. The molecular weight excluding hydrogens is 241 g/mol. The molecule has 0 bridgehead atoms.